The first kappa shape index (κ1) is 21.4. The molecule has 0 heterocycles. The quantitative estimate of drug-likeness (QED) is 0.610. The highest BCUT2D eigenvalue weighted by molar-refractivity contribution is 6.01. The molecule has 6 heteroatoms. The molecule has 2 aromatic rings. The smallest absolute Gasteiger partial charge is 0.255 e. The fourth-order valence-corrected chi connectivity index (χ4v) is 3.39. The van der Waals surface area contributed by atoms with Crippen LogP contribution < -0.4 is 20.5 Å². The Morgan fingerprint density at radius 2 is 1.57 bits per heavy atom. The van der Waals surface area contributed by atoms with E-state index >= 15 is 0 Å². The van der Waals surface area contributed by atoms with Gasteiger partial charge in [0.25, 0.3) is 5.91 Å². The van der Waals surface area contributed by atoms with Crippen molar-refractivity contribution in [2.45, 2.75) is 32.1 Å². The zero-order chi connectivity index (χ0) is 21.2. The predicted molar refractivity (Wildman–Crippen MR) is 117 cm³/mol. The van der Waals surface area contributed by atoms with Crippen molar-refractivity contribution in [3.8, 4) is 11.5 Å². The standard InChI is InChI=1S/C24H28N2O4/c25-23(27)17-30-21-11-6-18(7-12-21)8-15-24(28)26-20-9-13-22(14-10-20)29-16-19-4-2-1-3-5-19/h6-15,19H,1-5,16-17H2,(H2,25,27)(H,26,28). The molecule has 0 saturated heterocycles. The normalized spacial score (nSPS) is 14.4. The molecule has 2 aromatic carbocycles. The van der Waals surface area contributed by atoms with Gasteiger partial charge >= 0.3 is 0 Å². The largest absolute Gasteiger partial charge is 0.493 e. The lowest BCUT2D eigenvalue weighted by Crippen LogP contribution is -2.19. The van der Waals surface area contributed by atoms with Crippen molar-refractivity contribution < 1.29 is 19.1 Å². The number of carbonyl (C=O) groups is 2. The lowest BCUT2D eigenvalue weighted by atomic mass is 9.90. The van der Waals surface area contributed by atoms with E-state index in [1.54, 1.807) is 30.3 Å². The van der Waals surface area contributed by atoms with E-state index < -0.39 is 5.91 Å². The van der Waals surface area contributed by atoms with E-state index in [1.165, 1.54) is 38.2 Å². The highest BCUT2D eigenvalue weighted by atomic mass is 16.5. The van der Waals surface area contributed by atoms with Gasteiger partial charge in [0.15, 0.2) is 6.61 Å². The van der Waals surface area contributed by atoms with E-state index in [1.807, 2.05) is 24.3 Å². The molecular formula is C24H28N2O4. The Bertz CT molecular complexity index is 854. The number of nitrogens with two attached hydrogens (primary N) is 1. The van der Waals surface area contributed by atoms with Crippen LogP contribution in [-0.2, 0) is 9.59 Å². The van der Waals surface area contributed by atoms with Gasteiger partial charge < -0.3 is 20.5 Å². The zero-order valence-corrected chi connectivity index (χ0v) is 17.0. The molecule has 158 valence electrons. The van der Waals surface area contributed by atoms with Crippen LogP contribution in [0.2, 0.25) is 0 Å². The van der Waals surface area contributed by atoms with Crippen LogP contribution in [0.3, 0.4) is 0 Å². The second-order valence-electron chi connectivity index (χ2n) is 7.49. The molecule has 0 unspecified atom stereocenters. The molecule has 1 saturated carbocycles. The van der Waals surface area contributed by atoms with Gasteiger partial charge in [-0.2, -0.15) is 0 Å². The van der Waals surface area contributed by atoms with Crippen LogP contribution in [0.25, 0.3) is 6.08 Å². The minimum absolute atomic E-state index is 0.165. The number of nitrogens with one attached hydrogen (secondary N) is 1. The number of benzene rings is 2. The summed E-state index contributed by atoms with van der Waals surface area (Å²) in [6.07, 6.45) is 9.63. The molecular weight excluding hydrogens is 380 g/mol. The summed E-state index contributed by atoms with van der Waals surface area (Å²) in [6.45, 7) is 0.600. The van der Waals surface area contributed by atoms with Crippen LogP contribution in [-0.4, -0.2) is 25.0 Å². The zero-order valence-electron chi connectivity index (χ0n) is 17.0. The predicted octanol–water partition coefficient (Wildman–Crippen LogP) is 4.16. The maximum Gasteiger partial charge on any atom is 0.255 e. The lowest BCUT2D eigenvalue weighted by Gasteiger charge is -2.21. The Morgan fingerprint density at radius 3 is 2.23 bits per heavy atom. The molecule has 0 aliphatic heterocycles. The fraction of sp³-hybridized carbons (Fsp3) is 0.333. The monoisotopic (exact) mass is 408 g/mol. The number of hydrogen-bond acceptors (Lipinski definition) is 4. The first-order valence-electron chi connectivity index (χ1n) is 10.3. The minimum atomic E-state index is -0.528. The SMILES string of the molecule is NC(=O)COc1ccc(C=CC(=O)Nc2ccc(OCC3CCCCC3)cc2)cc1. The van der Waals surface area contributed by atoms with Crippen LogP contribution in [0.4, 0.5) is 5.69 Å². The lowest BCUT2D eigenvalue weighted by molar-refractivity contribution is -0.120. The molecule has 1 aliphatic carbocycles. The van der Waals surface area contributed by atoms with Crippen LogP contribution in [0.1, 0.15) is 37.7 Å². The molecule has 2 amide bonds. The molecule has 30 heavy (non-hydrogen) atoms. The second-order valence-corrected chi connectivity index (χ2v) is 7.49. The number of amides is 2. The van der Waals surface area contributed by atoms with Crippen LogP contribution in [0.15, 0.2) is 54.6 Å². The molecule has 0 radical (unpaired) electrons. The molecule has 3 rings (SSSR count). The highest BCUT2D eigenvalue weighted by Crippen LogP contribution is 2.25. The van der Waals surface area contributed by atoms with Crippen LogP contribution in [0, 0.1) is 5.92 Å². The molecule has 0 bridgehead atoms. The summed E-state index contributed by atoms with van der Waals surface area (Å²) in [6, 6.07) is 14.5. The van der Waals surface area contributed by atoms with E-state index in [0.717, 1.165) is 17.9 Å². The second kappa shape index (κ2) is 11.0. The Balaban J connectivity index is 1.44. The summed E-state index contributed by atoms with van der Waals surface area (Å²) in [5.74, 6) is 1.28. The summed E-state index contributed by atoms with van der Waals surface area (Å²) in [4.78, 5) is 22.9. The number of primary amides is 1. The summed E-state index contributed by atoms with van der Waals surface area (Å²) < 4.78 is 11.1. The van der Waals surface area contributed by atoms with Gasteiger partial charge in [0.2, 0.25) is 5.91 Å². The van der Waals surface area contributed by atoms with E-state index in [0.29, 0.717) is 17.4 Å². The third-order valence-corrected chi connectivity index (χ3v) is 5.02. The molecule has 0 atom stereocenters. The Labute approximate surface area is 177 Å². The van der Waals surface area contributed by atoms with Crippen molar-refractivity contribution in [3.05, 3.63) is 60.2 Å². The van der Waals surface area contributed by atoms with Gasteiger partial charge in [0.1, 0.15) is 11.5 Å². The van der Waals surface area contributed by atoms with Gasteiger partial charge in [-0.15, -0.1) is 0 Å². The van der Waals surface area contributed by atoms with E-state index in [-0.39, 0.29) is 12.5 Å². The van der Waals surface area contributed by atoms with Gasteiger partial charge in [-0.1, -0.05) is 31.4 Å². The molecule has 1 aliphatic rings. The first-order valence-corrected chi connectivity index (χ1v) is 10.3. The molecule has 0 aromatic heterocycles. The van der Waals surface area contributed by atoms with Crippen LogP contribution >= 0.6 is 0 Å². The van der Waals surface area contributed by atoms with Gasteiger partial charge in [0.05, 0.1) is 6.61 Å². The Morgan fingerprint density at radius 1 is 0.933 bits per heavy atom. The average Bonchev–Trinajstić information content (AvgIpc) is 2.77. The van der Waals surface area contributed by atoms with Crippen molar-refractivity contribution in [2.24, 2.45) is 11.7 Å². The number of ether oxygens (including phenoxy) is 2. The van der Waals surface area contributed by atoms with E-state index in [9.17, 15) is 9.59 Å². The molecule has 1 fully saturated rings. The van der Waals surface area contributed by atoms with Crippen LogP contribution in [0.5, 0.6) is 11.5 Å². The summed E-state index contributed by atoms with van der Waals surface area (Å²) >= 11 is 0. The third kappa shape index (κ3) is 7.28. The highest BCUT2D eigenvalue weighted by Gasteiger charge is 2.13. The topological polar surface area (TPSA) is 90.7 Å². The van der Waals surface area contributed by atoms with Gasteiger partial charge in [-0.05, 0) is 66.8 Å². The Hall–Kier alpha value is -3.28. The molecule has 0 spiro atoms. The van der Waals surface area contributed by atoms with Crippen molar-refractivity contribution in [1.29, 1.82) is 0 Å². The third-order valence-electron chi connectivity index (χ3n) is 5.02. The van der Waals surface area contributed by atoms with Gasteiger partial charge in [0, 0.05) is 11.8 Å². The van der Waals surface area contributed by atoms with Crippen molar-refractivity contribution in [2.75, 3.05) is 18.5 Å². The van der Waals surface area contributed by atoms with Gasteiger partial charge in [-0.3, -0.25) is 9.59 Å². The minimum Gasteiger partial charge on any atom is -0.493 e. The number of hydrogen-bond donors (Lipinski definition) is 2. The maximum atomic E-state index is 12.1. The Kier molecular flexibility index (Phi) is 7.89. The van der Waals surface area contributed by atoms with Crippen molar-refractivity contribution in [3.63, 3.8) is 0 Å². The van der Waals surface area contributed by atoms with E-state index in [2.05, 4.69) is 5.32 Å². The first-order chi connectivity index (χ1) is 14.6. The van der Waals surface area contributed by atoms with Gasteiger partial charge in [-0.25, -0.2) is 0 Å². The average molecular weight is 408 g/mol. The molecule has 3 N–H and O–H groups in total. The maximum absolute atomic E-state index is 12.1. The molecule has 6 nitrogen and oxygen atoms in total. The summed E-state index contributed by atoms with van der Waals surface area (Å²) in [7, 11) is 0. The number of anilines is 1. The van der Waals surface area contributed by atoms with Crippen molar-refractivity contribution in [1.82, 2.24) is 0 Å². The van der Waals surface area contributed by atoms with E-state index in [4.69, 9.17) is 15.2 Å². The number of rotatable bonds is 9. The number of carbonyl (C=O) groups excluding carboxylic acids is 2. The summed E-state index contributed by atoms with van der Waals surface area (Å²) in [5.41, 5.74) is 6.59. The van der Waals surface area contributed by atoms with Crippen molar-refractivity contribution >= 4 is 23.6 Å². The summed E-state index contributed by atoms with van der Waals surface area (Å²) in [5, 5.41) is 2.83. The fourth-order valence-electron chi connectivity index (χ4n) is 3.39.